The zero-order valence-electron chi connectivity index (χ0n) is 19.0. The summed E-state index contributed by atoms with van der Waals surface area (Å²) < 4.78 is 5.76. The van der Waals surface area contributed by atoms with Crippen LogP contribution in [-0.4, -0.2) is 84.1 Å². The van der Waals surface area contributed by atoms with E-state index in [2.05, 4.69) is 16.0 Å². The second kappa shape index (κ2) is 9.25. The second-order valence-corrected chi connectivity index (χ2v) is 9.82. The van der Waals surface area contributed by atoms with E-state index in [1.807, 2.05) is 4.90 Å². The number of piperidine rings is 1. The van der Waals surface area contributed by atoms with E-state index < -0.39 is 5.54 Å². The highest BCUT2D eigenvalue weighted by atomic mass is 16.5. The van der Waals surface area contributed by atoms with Crippen LogP contribution in [0.15, 0.2) is 0 Å². The average Bonchev–Trinajstić information content (AvgIpc) is 2.78. The van der Waals surface area contributed by atoms with Gasteiger partial charge < -0.3 is 30.5 Å². The van der Waals surface area contributed by atoms with E-state index >= 15 is 0 Å². The van der Waals surface area contributed by atoms with Crippen LogP contribution in [0.4, 0.5) is 4.79 Å². The van der Waals surface area contributed by atoms with Crippen LogP contribution in [0.2, 0.25) is 0 Å². The largest absolute Gasteiger partial charge is 0.358 e. The van der Waals surface area contributed by atoms with E-state index in [0.29, 0.717) is 38.7 Å². The first kappa shape index (κ1) is 22.8. The van der Waals surface area contributed by atoms with Crippen molar-refractivity contribution in [3.8, 4) is 0 Å². The molecule has 10 heteroatoms. The fourth-order valence-corrected chi connectivity index (χ4v) is 5.57. The van der Waals surface area contributed by atoms with Crippen molar-refractivity contribution >= 4 is 23.8 Å². The number of carbonyl (C=O) groups excluding carboxylic acids is 4. The Bertz CT molecular complexity index is 764. The monoisotopic (exact) mass is 449 g/mol. The average molecular weight is 450 g/mol. The summed E-state index contributed by atoms with van der Waals surface area (Å²) in [5.41, 5.74) is -0.892. The minimum absolute atomic E-state index is 0.0238. The number of piperazine rings is 1. The molecule has 4 aliphatic heterocycles. The van der Waals surface area contributed by atoms with Gasteiger partial charge in [0.2, 0.25) is 17.7 Å². The van der Waals surface area contributed by atoms with Gasteiger partial charge in [-0.2, -0.15) is 0 Å². The van der Waals surface area contributed by atoms with Gasteiger partial charge in [0.15, 0.2) is 0 Å². The van der Waals surface area contributed by atoms with Gasteiger partial charge in [-0.15, -0.1) is 0 Å². The Kier molecular flexibility index (Phi) is 6.60. The third-order valence-electron chi connectivity index (χ3n) is 7.51. The summed E-state index contributed by atoms with van der Waals surface area (Å²) in [4.78, 5) is 53.0. The summed E-state index contributed by atoms with van der Waals surface area (Å²) in [6.07, 6.45) is 3.72. The molecule has 0 aromatic rings. The number of amides is 5. The normalized spacial score (nSPS) is 30.6. The van der Waals surface area contributed by atoms with Gasteiger partial charge in [-0.3, -0.25) is 14.4 Å². The number of rotatable bonds is 4. The van der Waals surface area contributed by atoms with Gasteiger partial charge in [0.25, 0.3) is 0 Å². The molecule has 0 bridgehead atoms. The maximum Gasteiger partial charge on any atom is 0.317 e. The van der Waals surface area contributed by atoms with Gasteiger partial charge >= 0.3 is 6.03 Å². The Balaban J connectivity index is 1.26. The van der Waals surface area contributed by atoms with Crippen LogP contribution >= 0.6 is 0 Å². The summed E-state index contributed by atoms with van der Waals surface area (Å²) in [5, 5.41) is 8.76. The number of nitrogens with zero attached hydrogens (tertiary/aromatic N) is 2. The maximum absolute atomic E-state index is 12.8. The molecular weight excluding hydrogens is 414 g/mol. The lowest BCUT2D eigenvalue weighted by molar-refractivity contribution is -0.150. The molecule has 0 aromatic carbocycles. The molecule has 3 atom stereocenters. The molecule has 10 nitrogen and oxygen atoms in total. The van der Waals surface area contributed by atoms with Crippen LogP contribution in [0.1, 0.15) is 52.4 Å². The zero-order valence-corrected chi connectivity index (χ0v) is 19.0. The quantitative estimate of drug-likeness (QED) is 0.565. The molecule has 5 amide bonds. The standard InChI is InChI=1S/C22H35N5O5/c1-22(2)20(30)23-9-12-27(22)17(29)6-5-16(28)26-10-7-14(8-11-26)18-15-4-3-13-32-19(15)25-21(31)24-18/h14-15,18-19H,3-13H2,1-2H3,(H,23,30)(H2,24,25,31)/t15-,18-,19-/m0/s1. The molecule has 0 saturated carbocycles. The summed E-state index contributed by atoms with van der Waals surface area (Å²) in [6.45, 7) is 6.31. The zero-order chi connectivity index (χ0) is 22.9. The third kappa shape index (κ3) is 4.55. The second-order valence-electron chi connectivity index (χ2n) is 9.82. The lowest BCUT2D eigenvalue weighted by Crippen LogP contribution is -2.65. The van der Waals surface area contributed by atoms with Gasteiger partial charge in [0, 0.05) is 57.6 Å². The van der Waals surface area contributed by atoms with Crippen LogP contribution in [0, 0.1) is 11.8 Å². The Morgan fingerprint density at radius 1 is 1.03 bits per heavy atom. The fourth-order valence-electron chi connectivity index (χ4n) is 5.57. The number of nitrogens with one attached hydrogen (secondary N) is 3. The van der Waals surface area contributed by atoms with E-state index in [1.165, 1.54) is 0 Å². The number of likely N-dealkylation sites (tertiary alicyclic amines) is 1. The number of ether oxygens (including phenoxy) is 1. The number of hydrogen-bond donors (Lipinski definition) is 3. The molecule has 3 N–H and O–H groups in total. The van der Waals surface area contributed by atoms with Crippen molar-refractivity contribution in [3.63, 3.8) is 0 Å². The maximum atomic E-state index is 12.8. The summed E-state index contributed by atoms with van der Waals surface area (Å²) in [5.74, 6) is 0.226. The first-order valence-corrected chi connectivity index (χ1v) is 11.8. The van der Waals surface area contributed by atoms with Crippen molar-refractivity contribution in [2.24, 2.45) is 11.8 Å². The minimum Gasteiger partial charge on any atom is -0.358 e. The minimum atomic E-state index is -0.892. The highest BCUT2D eigenvalue weighted by Gasteiger charge is 2.43. The molecule has 178 valence electrons. The SMILES string of the molecule is CC1(C)C(=O)NCCN1C(=O)CCC(=O)N1CCC([C@@H]2NC(=O)N[C@H]3OCCC[C@H]32)CC1. The molecule has 4 heterocycles. The summed E-state index contributed by atoms with van der Waals surface area (Å²) in [7, 11) is 0. The van der Waals surface area contributed by atoms with Gasteiger partial charge in [-0.25, -0.2) is 4.79 Å². The molecule has 4 rings (SSSR count). The summed E-state index contributed by atoms with van der Waals surface area (Å²) >= 11 is 0. The van der Waals surface area contributed by atoms with Crippen molar-refractivity contribution in [2.45, 2.75) is 70.2 Å². The van der Waals surface area contributed by atoms with E-state index in [1.54, 1.807) is 18.7 Å². The topological polar surface area (TPSA) is 120 Å². The molecule has 32 heavy (non-hydrogen) atoms. The Morgan fingerprint density at radius 3 is 2.50 bits per heavy atom. The van der Waals surface area contributed by atoms with E-state index in [9.17, 15) is 19.2 Å². The van der Waals surface area contributed by atoms with Crippen molar-refractivity contribution in [1.29, 1.82) is 0 Å². The lowest BCUT2D eigenvalue weighted by Gasteiger charge is -2.46. The molecule has 0 aliphatic carbocycles. The first-order chi connectivity index (χ1) is 15.3. The molecule has 0 radical (unpaired) electrons. The number of fused-ring (bicyclic) bond motifs is 1. The Morgan fingerprint density at radius 2 is 1.75 bits per heavy atom. The number of urea groups is 1. The van der Waals surface area contributed by atoms with Crippen LogP contribution < -0.4 is 16.0 Å². The fraction of sp³-hybridized carbons (Fsp3) is 0.818. The van der Waals surface area contributed by atoms with E-state index in [0.717, 1.165) is 25.7 Å². The molecule has 0 spiro atoms. The van der Waals surface area contributed by atoms with Crippen LogP contribution in [0.3, 0.4) is 0 Å². The number of hydrogen-bond acceptors (Lipinski definition) is 5. The molecule has 4 fully saturated rings. The molecular formula is C22H35N5O5. The third-order valence-corrected chi connectivity index (χ3v) is 7.51. The van der Waals surface area contributed by atoms with E-state index in [4.69, 9.17) is 4.74 Å². The molecule has 0 aromatic heterocycles. The molecule has 4 aliphatic rings. The highest BCUT2D eigenvalue weighted by Crippen LogP contribution is 2.33. The van der Waals surface area contributed by atoms with Crippen molar-refractivity contribution < 1.29 is 23.9 Å². The van der Waals surface area contributed by atoms with Crippen LogP contribution in [0.5, 0.6) is 0 Å². The predicted octanol–water partition coefficient (Wildman–Crippen LogP) is 0.176. The van der Waals surface area contributed by atoms with Crippen LogP contribution in [-0.2, 0) is 19.1 Å². The lowest BCUT2D eigenvalue weighted by atomic mass is 9.77. The van der Waals surface area contributed by atoms with Gasteiger partial charge in [-0.1, -0.05) is 0 Å². The van der Waals surface area contributed by atoms with Gasteiger partial charge in [-0.05, 0) is 45.4 Å². The predicted molar refractivity (Wildman–Crippen MR) is 115 cm³/mol. The van der Waals surface area contributed by atoms with Crippen molar-refractivity contribution in [2.75, 3.05) is 32.8 Å². The first-order valence-electron chi connectivity index (χ1n) is 11.8. The van der Waals surface area contributed by atoms with Crippen molar-refractivity contribution in [3.05, 3.63) is 0 Å². The van der Waals surface area contributed by atoms with Crippen LogP contribution in [0.25, 0.3) is 0 Å². The summed E-state index contributed by atoms with van der Waals surface area (Å²) in [6, 6.07) is -0.107. The Hall–Kier alpha value is -2.36. The van der Waals surface area contributed by atoms with E-state index in [-0.39, 0.29) is 54.8 Å². The molecule has 0 unspecified atom stereocenters. The molecule has 4 saturated heterocycles. The smallest absolute Gasteiger partial charge is 0.317 e. The highest BCUT2D eigenvalue weighted by molar-refractivity contribution is 5.92. The van der Waals surface area contributed by atoms with Crippen molar-refractivity contribution in [1.82, 2.24) is 25.8 Å². The number of carbonyl (C=O) groups is 4. The van der Waals surface area contributed by atoms with Gasteiger partial charge in [0.1, 0.15) is 11.8 Å². The Labute approximate surface area is 188 Å². The van der Waals surface area contributed by atoms with Gasteiger partial charge in [0.05, 0.1) is 0 Å².